The van der Waals surface area contributed by atoms with Gasteiger partial charge < -0.3 is 14.5 Å². The molecule has 1 saturated heterocycles. The number of para-hydroxylation sites is 1. The first-order chi connectivity index (χ1) is 28.5. The number of ether oxygens (including phenoxy) is 1. The number of pyridine rings is 1. The van der Waals surface area contributed by atoms with Gasteiger partial charge in [0.05, 0.1) is 39.9 Å². The molecular weight excluding hydrogens is 757 g/mol. The first kappa shape index (κ1) is 40.4. The number of carbonyl (C=O) groups is 3. The Labute approximate surface area is 351 Å². The number of Topliss-reactive ketones (excluding diaryl/α,β-unsaturated/α-hetero) is 1. The van der Waals surface area contributed by atoms with Crippen LogP contribution in [-0.2, 0) is 26.2 Å². The van der Waals surface area contributed by atoms with E-state index in [1.54, 1.807) is 28.4 Å². The zero-order valence-electron chi connectivity index (χ0n) is 34.5. The summed E-state index contributed by atoms with van der Waals surface area (Å²) < 4.78 is 6.91. The van der Waals surface area contributed by atoms with E-state index < -0.39 is 17.6 Å². The highest BCUT2D eigenvalue weighted by atomic mass is 32.1. The van der Waals surface area contributed by atoms with Gasteiger partial charge in [-0.3, -0.25) is 14.4 Å². The number of hydroxylamine groups is 1. The molecule has 0 spiro atoms. The molecule has 0 bridgehead atoms. The highest BCUT2D eigenvalue weighted by Crippen LogP contribution is 2.57. The number of fused-ring (bicyclic) bond motifs is 3. The molecule has 3 aliphatic rings. The van der Waals surface area contributed by atoms with Crippen LogP contribution >= 0.6 is 11.3 Å². The minimum atomic E-state index is -0.969. The van der Waals surface area contributed by atoms with Crippen LogP contribution in [0.3, 0.4) is 0 Å². The molecule has 2 aliphatic heterocycles. The maximum atomic E-state index is 15.0. The number of aromatic nitrogens is 2. The van der Waals surface area contributed by atoms with Crippen molar-refractivity contribution in [1.29, 1.82) is 0 Å². The SMILES string of the molecule is Cc1ccc2c(O[C@@H]3C[C@H]4C(=O)C[C@]5(C(=O)NOc6ccccc6)C[C@H]5/C=C\CCCCC[C@H](Cc5nc(C(C)(C)C)cs5)C(=O)N4C3)cc(-c3ccccc3)nc2c1. The van der Waals surface area contributed by atoms with Crippen molar-refractivity contribution >= 4 is 39.8 Å². The number of hydrogen-bond donors (Lipinski definition) is 1. The van der Waals surface area contributed by atoms with E-state index in [0.717, 1.165) is 64.1 Å². The van der Waals surface area contributed by atoms with Gasteiger partial charge >= 0.3 is 0 Å². The van der Waals surface area contributed by atoms with Crippen LogP contribution in [0.1, 0.15) is 88.4 Å². The standard InChI is InChI=1S/C49H54N4O5S/c1-32-22-23-38-40(24-32)50-39(33-16-11-8-12-17-33)27-43(38)57-37-26-41-42(54)29-49(47(56)52-58-36-20-14-9-15-21-36)28-35(49)19-13-7-5-6-10-18-34(46(55)53(41)30-37)25-45-51-44(31-59-45)48(2,3)4/h8-9,11-17,19-24,27,31,34-35,37,41H,5-7,10,18,25-26,28-30H2,1-4H3,(H,52,56)/b19-13-/t34-,35-,37-,41+,49-/m1/s1. The lowest BCUT2D eigenvalue weighted by Crippen LogP contribution is -2.46. The van der Waals surface area contributed by atoms with Gasteiger partial charge in [-0.05, 0) is 68.4 Å². The Morgan fingerprint density at radius 3 is 2.51 bits per heavy atom. The number of carbonyl (C=O) groups excluding carboxylic acids is 3. The molecule has 4 heterocycles. The molecule has 5 aromatic rings. The topological polar surface area (TPSA) is 111 Å². The Morgan fingerprint density at radius 2 is 1.75 bits per heavy atom. The predicted octanol–water partition coefficient (Wildman–Crippen LogP) is 9.77. The molecule has 0 radical (unpaired) electrons. The quantitative estimate of drug-likeness (QED) is 0.123. The number of rotatable bonds is 8. The van der Waals surface area contributed by atoms with E-state index in [4.69, 9.17) is 19.5 Å². The lowest BCUT2D eigenvalue weighted by Gasteiger charge is -2.29. The molecule has 1 N–H and O–H groups in total. The van der Waals surface area contributed by atoms with Crippen LogP contribution in [-0.4, -0.2) is 51.2 Å². The number of allylic oxidation sites excluding steroid dienone is 2. The van der Waals surface area contributed by atoms with Crippen LogP contribution in [0.15, 0.2) is 102 Å². The number of ketones is 1. The number of amides is 2. The Morgan fingerprint density at radius 1 is 0.966 bits per heavy atom. The zero-order chi connectivity index (χ0) is 41.1. The Balaban J connectivity index is 1.12. The first-order valence-corrected chi connectivity index (χ1v) is 22.0. The summed E-state index contributed by atoms with van der Waals surface area (Å²) in [4.78, 5) is 61.4. The average Bonchev–Trinajstić information content (AvgIpc) is 3.49. The van der Waals surface area contributed by atoms with E-state index in [1.807, 2.05) is 73.7 Å². The molecule has 9 nitrogen and oxygen atoms in total. The largest absolute Gasteiger partial charge is 0.488 e. The van der Waals surface area contributed by atoms with Crippen LogP contribution < -0.4 is 15.1 Å². The summed E-state index contributed by atoms with van der Waals surface area (Å²) in [5, 5.41) is 3.91. The van der Waals surface area contributed by atoms with Gasteiger partial charge in [0.25, 0.3) is 5.91 Å². The van der Waals surface area contributed by atoms with Gasteiger partial charge in [0.1, 0.15) is 11.9 Å². The fraction of sp³-hybridized carbons (Fsp3) is 0.408. The molecule has 3 aromatic carbocycles. The normalized spacial score (nSPS) is 24.4. The number of aryl methyl sites for hydroxylation is 1. The summed E-state index contributed by atoms with van der Waals surface area (Å²) in [7, 11) is 0. The highest BCUT2D eigenvalue weighted by Gasteiger charge is 2.61. The molecule has 59 heavy (non-hydrogen) atoms. The van der Waals surface area contributed by atoms with Gasteiger partial charge in [-0.25, -0.2) is 9.97 Å². The number of nitrogens with one attached hydrogen (secondary N) is 1. The molecule has 2 aromatic heterocycles. The van der Waals surface area contributed by atoms with Gasteiger partial charge in [0.15, 0.2) is 11.5 Å². The van der Waals surface area contributed by atoms with E-state index in [0.29, 0.717) is 37.2 Å². The number of nitrogens with zero attached hydrogens (tertiary/aromatic N) is 3. The summed E-state index contributed by atoms with van der Waals surface area (Å²) in [5.41, 5.74) is 6.28. The molecule has 0 unspecified atom stereocenters. The van der Waals surface area contributed by atoms with Crippen LogP contribution in [0.4, 0.5) is 0 Å². The van der Waals surface area contributed by atoms with Crippen LogP contribution in [0.5, 0.6) is 11.5 Å². The van der Waals surface area contributed by atoms with Gasteiger partial charge in [-0.2, -0.15) is 5.48 Å². The predicted molar refractivity (Wildman–Crippen MR) is 232 cm³/mol. The van der Waals surface area contributed by atoms with Crippen molar-refractivity contribution < 1.29 is 24.0 Å². The maximum Gasteiger partial charge on any atom is 0.259 e. The van der Waals surface area contributed by atoms with Crippen molar-refractivity contribution in [2.24, 2.45) is 17.3 Å². The average molecular weight is 811 g/mol. The molecule has 306 valence electrons. The Hall–Kier alpha value is -5.35. The lowest BCUT2D eigenvalue weighted by atomic mass is 9.90. The van der Waals surface area contributed by atoms with E-state index >= 15 is 4.79 Å². The summed E-state index contributed by atoms with van der Waals surface area (Å²) in [6.07, 6.45) is 9.61. The summed E-state index contributed by atoms with van der Waals surface area (Å²) in [6.45, 7) is 8.75. The minimum Gasteiger partial charge on any atom is -0.488 e. The number of hydrogen-bond acceptors (Lipinski definition) is 8. The van der Waals surface area contributed by atoms with Crippen molar-refractivity contribution in [2.45, 2.75) is 103 Å². The van der Waals surface area contributed by atoms with E-state index in [-0.39, 0.29) is 47.8 Å². The first-order valence-electron chi connectivity index (χ1n) is 21.1. The summed E-state index contributed by atoms with van der Waals surface area (Å²) >= 11 is 1.61. The number of thiazole rings is 1. The van der Waals surface area contributed by atoms with Crippen LogP contribution in [0.25, 0.3) is 22.2 Å². The van der Waals surface area contributed by atoms with Crippen molar-refractivity contribution in [3.63, 3.8) is 0 Å². The lowest BCUT2D eigenvalue weighted by molar-refractivity contribution is -0.143. The van der Waals surface area contributed by atoms with Gasteiger partial charge in [0.2, 0.25) is 5.91 Å². The van der Waals surface area contributed by atoms with Crippen molar-refractivity contribution in [3.8, 4) is 22.8 Å². The third-order valence-corrected chi connectivity index (χ3v) is 13.0. The second-order valence-electron chi connectivity index (χ2n) is 17.7. The number of benzene rings is 3. The second-order valence-corrected chi connectivity index (χ2v) is 18.6. The van der Waals surface area contributed by atoms with Crippen molar-refractivity contribution in [3.05, 3.63) is 119 Å². The third-order valence-electron chi connectivity index (χ3n) is 12.2. The van der Waals surface area contributed by atoms with Gasteiger partial charge in [0, 0.05) is 53.0 Å². The van der Waals surface area contributed by atoms with E-state index in [9.17, 15) is 9.59 Å². The van der Waals surface area contributed by atoms with Crippen LogP contribution in [0.2, 0.25) is 0 Å². The molecule has 8 rings (SSSR count). The second kappa shape index (κ2) is 17.1. The van der Waals surface area contributed by atoms with Crippen molar-refractivity contribution in [1.82, 2.24) is 20.3 Å². The molecule has 1 aliphatic carbocycles. The third kappa shape index (κ3) is 9.13. The van der Waals surface area contributed by atoms with Crippen LogP contribution in [0, 0.1) is 24.2 Å². The van der Waals surface area contributed by atoms with Crippen molar-refractivity contribution in [2.75, 3.05) is 6.54 Å². The summed E-state index contributed by atoms with van der Waals surface area (Å²) in [6, 6.07) is 26.5. The van der Waals surface area contributed by atoms with Gasteiger partial charge in [-0.15, -0.1) is 11.3 Å². The van der Waals surface area contributed by atoms with E-state index in [1.165, 1.54) is 0 Å². The monoisotopic (exact) mass is 810 g/mol. The summed E-state index contributed by atoms with van der Waals surface area (Å²) in [5.74, 6) is 0.227. The smallest absolute Gasteiger partial charge is 0.259 e. The molecule has 10 heteroatoms. The fourth-order valence-electron chi connectivity index (χ4n) is 8.62. The Kier molecular flexibility index (Phi) is 11.7. The minimum absolute atomic E-state index is 0.00509. The molecule has 5 atom stereocenters. The molecule has 2 fully saturated rings. The molecule has 2 amide bonds. The maximum absolute atomic E-state index is 15.0. The van der Waals surface area contributed by atoms with E-state index in [2.05, 4.69) is 49.8 Å². The van der Waals surface area contributed by atoms with Gasteiger partial charge in [-0.1, -0.05) is 100 Å². The Bertz CT molecular complexity index is 2340. The molecular formula is C49H54N4O5S. The highest BCUT2D eigenvalue weighted by molar-refractivity contribution is 7.09. The molecule has 1 saturated carbocycles. The fourth-order valence-corrected chi connectivity index (χ4v) is 9.73. The zero-order valence-corrected chi connectivity index (χ0v) is 35.3.